The fourth-order valence-electron chi connectivity index (χ4n) is 2.54. The number of sulfone groups is 1. The highest BCUT2D eigenvalue weighted by Crippen LogP contribution is 2.38. The molecule has 2 rings (SSSR count). The van der Waals surface area contributed by atoms with Crippen LogP contribution in [0.25, 0.3) is 0 Å². The average molecular weight is 364 g/mol. The van der Waals surface area contributed by atoms with E-state index in [-0.39, 0.29) is 25.2 Å². The fraction of sp³-hybridized carbons (Fsp3) is 0.462. The molecule has 0 aliphatic carbocycles. The van der Waals surface area contributed by atoms with Gasteiger partial charge in [0.2, 0.25) is 9.84 Å². The third kappa shape index (κ3) is 3.03. The number of rotatable bonds is 5. The quantitative estimate of drug-likeness (QED) is 0.626. The first kappa shape index (κ1) is 18.0. The Morgan fingerprint density at radius 1 is 1.46 bits per heavy atom. The summed E-state index contributed by atoms with van der Waals surface area (Å²) in [6, 6.07) is 2.49. The summed E-state index contributed by atoms with van der Waals surface area (Å²) >= 11 is 0. The second-order valence-corrected chi connectivity index (χ2v) is 7.67. The summed E-state index contributed by atoms with van der Waals surface area (Å²) in [5, 5.41) is 20.4. The van der Waals surface area contributed by atoms with Gasteiger partial charge in [-0.15, -0.1) is 0 Å². The maximum atomic E-state index is 12.6. The predicted octanol–water partition coefficient (Wildman–Crippen LogP) is 1.89. The number of carboxylic acid groups (broad SMARTS) is 1. The lowest BCUT2D eigenvalue weighted by Crippen LogP contribution is -2.31. The van der Waals surface area contributed by atoms with Crippen molar-refractivity contribution in [2.75, 3.05) is 18.0 Å². The van der Waals surface area contributed by atoms with E-state index >= 15 is 0 Å². The molecule has 0 radical (unpaired) electrons. The minimum absolute atomic E-state index is 0.00167. The van der Waals surface area contributed by atoms with Gasteiger partial charge in [0.1, 0.15) is 5.69 Å². The summed E-state index contributed by atoms with van der Waals surface area (Å²) in [6.45, 7) is 1.70. The van der Waals surface area contributed by atoms with E-state index in [0.29, 0.717) is 6.07 Å². The molecule has 1 aromatic carbocycles. The maximum absolute atomic E-state index is 12.6. The lowest BCUT2D eigenvalue weighted by Gasteiger charge is -2.21. The number of nitrogens with zero attached hydrogens (tertiary/aromatic N) is 2. The Bertz CT molecular complexity index is 798. The zero-order chi connectivity index (χ0) is 18.3. The number of nitro benzene ring substituents is 1. The minimum Gasteiger partial charge on any atom is -0.481 e. The normalized spacial score (nSPS) is 21.2. The first-order valence-corrected chi connectivity index (χ1v) is 8.32. The van der Waals surface area contributed by atoms with Gasteiger partial charge in [-0.1, -0.05) is 0 Å². The van der Waals surface area contributed by atoms with Crippen LogP contribution in [0, 0.1) is 15.5 Å². The van der Waals surface area contributed by atoms with Gasteiger partial charge in [-0.05, 0) is 25.5 Å². The number of hydrogen-bond acceptors (Lipinski definition) is 6. The number of anilines is 1. The Labute approximate surface area is 135 Å². The van der Waals surface area contributed by atoms with Crippen molar-refractivity contribution in [2.45, 2.75) is 24.0 Å². The van der Waals surface area contributed by atoms with Crippen molar-refractivity contribution in [1.82, 2.24) is 0 Å². The number of alkyl halides is 2. The lowest BCUT2D eigenvalue weighted by atomic mass is 9.90. The van der Waals surface area contributed by atoms with Crippen molar-refractivity contribution in [1.29, 1.82) is 0 Å². The van der Waals surface area contributed by atoms with Crippen LogP contribution in [0.15, 0.2) is 23.1 Å². The first-order chi connectivity index (χ1) is 11.0. The monoisotopic (exact) mass is 364 g/mol. The van der Waals surface area contributed by atoms with E-state index < -0.39 is 42.5 Å². The highest BCUT2D eigenvalue weighted by Gasteiger charge is 2.42. The topological polar surface area (TPSA) is 118 Å². The van der Waals surface area contributed by atoms with Crippen molar-refractivity contribution in [2.24, 2.45) is 5.41 Å². The highest BCUT2D eigenvalue weighted by molar-refractivity contribution is 7.91. The Hall–Kier alpha value is -2.30. The molecule has 1 aromatic rings. The summed E-state index contributed by atoms with van der Waals surface area (Å²) in [5.41, 5.74) is -1.76. The Balaban J connectivity index is 2.47. The van der Waals surface area contributed by atoms with E-state index in [1.807, 2.05) is 0 Å². The van der Waals surface area contributed by atoms with E-state index in [2.05, 4.69) is 0 Å². The molecule has 1 fully saturated rings. The molecular weight excluding hydrogens is 350 g/mol. The fourth-order valence-corrected chi connectivity index (χ4v) is 3.28. The van der Waals surface area contributed by atoms with Gasteiger partial charge < -0.3 is 10.0 Å². The van der Waals surface area contributed by atoms with E-state index in [0.717, 1.165) is 12.1 Å². The molecule has 0 amide bonds. The van der Waals surface area contributed by atoms with Crippen LogP contribution in [-0.4, -0.2) is 43.3 Å². The molecule has 1 N–H and O–H groups in total. The highest BCUT2D eigenvalue weighted by atomic mass is 32.2. The van der Waals surface area contributed by atoms with Crippen LogP contribution in [0.4, 0.5) is 20.2 Å². The van der Waals surface area contributed by atoms with E-state index in [1.165, 1.54) is 11.8 Å². The van der Waals surface area contributed by atoms with Gasteiger partial charge in [0.15, 0.2) is 0 Å². The third-order valence-electron chi connectivity index (χ3n) is 4.04. The van der Waals surface area contributed by atoms with E-state index in [4.69, 9.17) is 0 Å². The third-order valence-corrected chi connectivity index (χ3v) is 5.42. The van der Waals surface area contributed by atoms with Crippen molar-refractivity contribution >= 4 is 27.2 Å². The van der Waals surface area contributed by atoms with Crippen LogP contribution in [-0.2, 0) is 14.6 Å². The first-order valence-electron chi connectivity index (χ1n) is 6.78. The number of halogens is 2. The molecule has 24 heavy (non-hydrogen) atoms. The molecule has 8 nitrogen and oxygen atoms in total. The molecule has 1 unspecified atom stereocenters. The molecule has 1 heterocycles. The second-order valence-electron chi connectivity index (χ2n) is 5.75. The number of hydrogen-bond donors (Lipinski definition) is 1. The van der Waals surface area contributed by atoms with Gasteiger partial charge >= 0.3 is 11.7 Å². The van der Waals surface area contributed by atoms with Gasteiger partial charge in [0.05, 0.1) is 15.2 Å². The molecular formula is C13H14F2N2O6S. The van der Waals surface area contributed by atoms with Crippen LogP contribution in [0.2, 0.25) is 0 Å². The number of carbonyl (C=O) groups is 1. The maximum Gasteiger partial charge on any atom is 0.341 e. The van der Waals surface area contributed by atoms with Gasteiger partial charge in [-0.2, -0.15) is 8.78 Å². The molecule has 0 bridgehead atoms. The number of nitro groups is 1. The van der Waals surface area contributed by atoms with Crippen LogP contribution >= 0.6 is 0 Å². The van der Waals surface area contributed by atoms with Crippen molar-refractivity contribution < 1.29 is 32.0 Å². The van der Waals surface area contributed by atoms with Gasteiger partial charge in [0, 0.05) is 19.2 Å². The zero-order valence-corrected chi connectivity index (χ0v) is 13.3. The molecule has 132 valence electrons. The summed E-state index contributed by atoms with van der Waals surface area (Å²) in [5.74, 6) is -4.74. The summed E-state index contributed by atoms with van der Waals surface area (Å²) in [4.78, 5) is 22.2. The molecule has 11 heteroatoms. The molecule has 1 aliphatic heterocycles. The average Bonchev–Trinajstić information content (AvgIpc) is 2.90. The molecule has 0 aromatic heterocycles. The standard InChI is InChI=1S/C13H14F2N2O6S/c1-13(11(18)19)4-5-16(7-13)9-3-2-8(6-10(9)17(20)21)24(22,23)12(14)15/h2-3,6,12H,4-5,7H2,1H3,(H,18,19). The second kappa shape index (κ2) is 5.96. The van der Waals surface area contributed by atoms with Crippen LogP contribution in [0.5, 0.6) is 0 Å². The Kier molecular flexibility index (Phi) is 4.48. The van der Waals surface area contributed by atoms with Crippen LogP contribution in [0.3, 0.4) is 0 Å². The zero-order valence-electron chi connectivity index (χ0n) is 12.5. The van der Waals surface area contributed by atoms with E-state index in [1.54, 1.807) is 0 Å². The van der Waals surface area contributed by atoms with Crippen LogP contribution < -0.4 is 4.90 Å². The SMILES string of the molecule is CC1(C(=O)O)CCN(c2ccc(S(=O)(=O)C(F)F)cc2[N+](=O)[O-])C1. The molecule has 1 saturated heterocycles. The van der Waals surface area contributed by atoms with E-state index in [9.17, 15) is 37.2 Å². The lowest BCUT2D eigenvalue weighted by molar-refractivity contribution is -0.384. The molecule has 0 spiro atoms. The number of carboxylic acids is 1. The smallest absolute Gasteiger partial charge is 0.341 e. The Morgan fingerprint density at radius 3 is 2.54 bits per heavy atom. The van der Waals surface area contributed by atoms with Gasteiger partial charge in [-0.3, -0.25) is 14.9 Å². The summed E-state index contributed by atoms with van der Waals surface area (Å²) < 4.78 is 48.1. The summed E-state index contributed by atoms with van der Waals surface area (Å²) in [6.07, 6.45) is 0.247. The van der Waals surface area contributed by atoms with Crippen molar-refractivity contribution in [3.8, 4) is 0 Å². The van der Waals surface area contributed by atoms with Crippen LogP contribution in [0.1, 0.15) is 13.3 Å². The summed E-state index contributed by atoms with van der Waals surface area (Å²) in [7, 11) is -4.96. The minimum atomic E-state index is -4.96. The molecule has 1 aliphatic rings. The van der Waals surface area contributed by atoms with Crippen molar-refractivity contribution in [3.63, 3.8) is 0 Å². The molecule has 1 atom stereocenters. The van der Waals surface area contributed by atoms with Gasteiger partial charge in [-0.25, -0.2) is 8.42 Å². The van der Waals surface area contributed by atoms with Gasteiger partial charge in [0.25, 0.3) is 5.69 Å². The van der Waals surface area contributed by atoms with Crippen molar-refractivity contribution in [3.05, 3.63) is 28.3 Å². The number of aliphatic carboxylic acids is 1. The largest absolute Gasteiger partial charge is 0.481 e. The number of benzene rings is 1. The Morgan fingerprint density at radius 2 is 2.08 bits per heavy atom. The predicted molar refractivity (Wildman–Crippen MR) is 78.9 cm³/mol. The molecule has 0 saturated carbocycles.